The van der Waals surface area contributed by atoms with E-state index >= 15 is 0 Å². The van der Waals surface area contributed by atoms with Crippen molar-refractivity contribution in [3.63, 3.8) is 0 Å². The summed E-state index contributed by atoms with van der Waals surface area (Å²) < 4.78 is 39.5. The molecule has 11 heteroatoms. The third kappa shape index (κ3) is 7.33. The third-order valence-electron chi connectivity index (χ3n) is 6.24. The van der Waals surface area contributed by atoms with Crippen molar-refractivity contribution in [2.24, 2.45) is 0 Å². The highest BCUT2D eigenvalue weighted by Gasteiger charge is 2.33. The summed E-state index contributed by atoms with van der Waals surface area (Å²) in [5.41, 5.74) is 0.703. The summed E-state index contributed by atoms with van der Waals surface area (Å²) in [6.45, 7) is 1.20. The molecule has 0 heterocycles. The fourth-order valence-electron chi connectivity index (χ4n) is 4.34. The second kappa shape index (κ2) is 12.3. The predicted octanol–water partition coefficient (Wildman–Crippen LogP) is 4.76. The lowest BCUT2D eigenvalue weighted by Gasteiger charge is -2.33. The Balaban J connectivity index is 1.94. The number of hydrogen-bond donors (Lipinski definition) is 1. The van der Waals surface area contributed by atoms with E-state index in [1.165, 1.54) is 17.0 Å². The lowest BCUT2D eigenvalue weighted by Crippen LogP contribution is -2.53. The number of hydrogen-bond acceptors (Lipinski definition) is 4. The first kappa shape index (κ1) is 28.2. The van der Waals surface area contributed by atoms with Gasteiger partial charge in [-0.05, 0) is 61.2 Å². The molecule has 1 fully saturated rings. The Morgan fingerprint density at radius 3 is 2.31 bits per heavy atom. The first-order valence-corrected chi connectivity index (χ1v) is 14.4. The average Bonchev–Trinajstić information content (AvgIpc) is 3.31. The third-order valence-corrected chi connectivity index (χ3v) is 7.96. The number of nitrogens with one attached hydrogen (secondary N) is 1. The molecule has 2 aromatic carbocycles. The summed E-state index contributed by atoms with van der Waals surface area (Å²) in [5, 5.41) is 3.78. The molecule has 0 spiro atoms. The van der Waals surface area contributed by atoms with Gasteiger partial charge in [0.1, 0.15) is 18.4 Å². The topological polar surface area (TPSA) is 86.8 Å². The van der Waals surface area contributed by atoms with Gasteiger partial charge in [-0.3, -0.25) is 13.9 Å². The molecule has 0 radical (unpaired) electrons. The van der Waals surface area contributed by atoms with E-state index in [4.69, 9.17) is 23.2 Å². The summed E-state index contributed by atoms with van der Waals surface area (Å²) in [6.07, 6.45) is 5.10. The maximum absolute atomic E-state index is 13.7. The van der Waals surface area contributed by atoms with Crippen LogP contribution in [0.1, 0.15) is 44.6 Å². The van der Waals surface area contributed by atoms with E-state index in [0.717, 1.165) is 48.4 Å². The normalized spacial score (nSPS) is 14.9. The molecule has 7 nitrogen and oxygen atoms in total. The standard InChI is InChI=1S/C25H30Cl2FN3O4S/c1-3-23(25(33)29-20-6-4-5-7-20)30(15-17-8-9-18(26)14-22(17)27)24(32)16-31(36(2,34)35)21-12-10-19(28)11-13-21/h8-14,20,23H,3-7,15-16H2,1-2H3,(H,29,33)/t23-/m1/s1. The van der Waals surface area contributed by atoms with Crippen LogP contribution in [-0.4, -0.2) is 50.0 Å². The van der Waals surface area contributed by atoms with Gasteiger partial charge in [0.05, 0.1) is 11.9 Å². The summed E-state index contributed by atoms with van der Waals surface area (Å²) in [6, 6.07) is 8.85. The Morgan fingerprint density at radius 1 is 1.11 bits per heavy atom. The maximum Gasteiger partial charge on any atom is 0.244 e. The molecule has 0 bridgehead atoms. The van der Waals surface area contributed by atoms with Gasteiger partial charge in [0, 0.05) is 22.6 Å². The minimum absolute atomic E-state index is 0.0214. The van der Waals surface area contributed by atoms with E-state index in [1.54, 1.807) is 25.1 Å². The number of carbonyl (C=O) groups excluding carboxylic acids is 2. The molecule has 0 aliphatic heterocycles. The molecule has 0 unspecified atom stereocenters. The summed E-state index contributed by atoms with van der Waals surface area (Å²) in [5.74, 6) is -1.42. The number of anilines is 1. The molecular formula is C25H30Cl2FN3O4S. The lowest BCUT2D eigenvalue weighted by atomic mass is 10.1. The summed E-state index contributed by atoms with van der Waals surface area (Å²) >= 11 is 12.4. The fraction of sp³-hybridized carbons (Fsp3) is 0.440. The van der Waals surface area contributed by atoms with Crippen molar-refractivity contribution in [1.82, 2.24) is 10.2 Å². The van der Waals surface area contributed by atoms with Crippen LogP contribution < -0.4 is 9.62 Å². The van der Waals surface area contributed by atoms with Crippen LogP contribution in [-0.2, 0) is 26.2 Å². The van der Waals surface area contributed by atoms with Gasteiger partial charge in [-0.25, -0.2) is 12.8 Å². The number of sulfonamides is 1. The molecule has 1 aliphatic carbocycles. The predicted molar refractivity (Wildman–Crippen MR) is 140 cm³/mol. The van der Waals surface area contributed by atoms with Crippen LogP contribution in [0.3, 0.4) is 0 Å². The maximum atomic E-state index is 13.7. The van der Waals surface area contributed by atoms with Crippen LogP contribution >= 0.6 is 23.2 Å². The Hall–Kier alpha value is -2.36. The number of nitrogens with zero attached hydrogens (tertiary/aromatic N) is 2. The van der Waals surface area contributed by atoms with Crippen LogP contribution in [0.5, 0.6) is 0 Å². The van der Waals surface area contributed by atoms with Gasteiger partial charge in [0.15, 0.2) is 0 Å². The highest BCUT2D eigenvalue weighted by atomic mass is 35.5. The van der Waals surface area contributed by atoms with E-state index in [9.17, 15) is 22.4 Å². The van der Waals surface area contributed by atoms with Gasteiger partial charge in [-0.2, -0.15) is 0 Å². The fourth-order valence-corrected chi connectivity index (χ4v) is 5.66. The smallest absolute Gasteiger partial charge is 0.244 e. The van der Waals surface area contributed by atoms with Crippen molar-refractivity contribution in [2.75, 3.05) is 17.1 Å². The number of rotatable bonds is 10. The Bertz CT molecular complexity index is 1190. The first-order chi connectivity index (χ1) is 17.0. The molecule has 0 aromatic heterocycles. The molecule has 36 heavy (non-hydrogen) atoms. The minimum atomic E-state index is -3.90. The minimum Gasteiger partial charge on any atom is -0.352 e. The second-order valence-corrected chi connectivity index (χ2v) is 11.7. The van der Waals surface area contributed by atoms with Gasteiger partial charge in [-0.15, -0.1) is 0 Å². The average molecular weight is 559 g/mol. The molecule has 1 saturated carbocycles. The molecule has 2 aromatic rings. The molecule has 1 atom stereocenters. The van der Waals surface area contributed by atoms with Gasteiger partial charge < -0.3 is 10.2 Å². The van der Waals surface area contributed by atoms with Crippen molar-refractivity contribution in [1.29, 1.82) is 0 Å². The van der Waals surface area contributed by atoms with Crippen molar-refractivity contribution in [3.05, 3.63) is 63.9 Å². The number of benzene rings is 2. The quantitative estimate of drug-likeness (QED) is 0.456. The SMILES string of the molecule is CC[C@H](C(=O)NC1CCCC1)N(Cc1ccc(Cl)cc1Cl)C(=O)CN(c1ccc(F)cc1)S(C)(=O)=O. The molecule has 1 N–H and O–H groups in total. The zero-order valence-electron chi connectivity index (χ0n) is 20.2. The molecule has 1 aliphatic rings. The monoisotopic (exact) mass is 557 g/mol. The van der Waals surface area contributed by atoms with Gasteiger partial charge in [-0.1, -0.05) is 49.0 Å². The Morgan fingerprint density at radius 2 is 1.75 bits per heavy atom. The largest absolute Gasteiger partial charge is 0.352 e. The molecule has 3 rings (SSSR count). The number of halogens is 3. The molecular weight excluding hydrogens is 528 g/mol. The zero-order valence-corrected chi connectivity index (χ0v) is 22.5. The van der Waals surface area contributed by atoms with E-state index in [-0.39, 0.29) is 24.2 Å². The van der Waals surface area contributed by atoms with E-state index in [1.807, 2.05) is 0 Å². The van der Waals surface area contributed by atoms with E-state index in [0.29, 0.717) is 22.0 Å². The summed E-state index contributed by atoms with van der Waals surface area (Å²) in [4.78, 5) is 28.3. The number of amides is 2. The van der Waals surface area contributed by atoms with E-state index in [2.05, 4.69) is 5.32 Å². The Labute approximate surface area is 221 Å². The van der Waals surface area contributed by atoms with Crippen molar-refractivity contribution in [2.45, 2.75) is 57.7 Å². The van der Waals surface area contributed by atoms with Crippen LogP contribution in [0.15, 0.2) is 42.5 Å². The van der Waals surface area contributed by atoms with Crippen LogP contribution in [0.25, 0.3) is 0 Å². The van der Waals surface area contributed by atoms with Gasteiger partial charge in [0.25, 0.3) is 0 Å². The highest BCUT2D eigenvalue weighted by Crippen LogP contribution is 2.25. The second-order valence-electron chi connectivity index (χ2n) is 8.92. The van der Waals surface area contributed by atoms with Crippen LogP contribution in [0.4, 0.5) is 10.1 Å². The van der Waals surface area contributed by atoms with Crippen molar-refractivity contribution >= 4 is 50.7 Å². The van der Waals surface area contributed by atoms with E-state index < -0.39 is 34.3 Å². The van der Waals surface area contributed by atoms with Crippen LogP contribution in [0.2, 0.25) is 10.0 Å². The summed E-state index contributed by atoms with van der Waals surface area (Å²) in [7, 11) is -3.90. The van der Waals surface area contributed by atoms with Gasteiger partial charge >= 0.3 is 0 Å². The molecule has 196 valence electrons. The first-order valence-electron chi connectivity index (χ1n) is 11.8. The highest BCUT2D eigenvalue weighted by molar-refractivity contribution is 7.92. The number of carbonyl (C=O) groups is 2. The van der Waals surface area contributed by atoms with Crippen molar-refractivity contribution < 1.29 is 22.4 Å². The van der Waals surface area contributed by atoms with Gasteiger partial charge in [0.2, 0.25) is 21.8 Å². The zero-order chi connectivity index (χ0) is 26.5. The van der Waals surface area contributed by atoms with Crippen molar-refractivity contribution in [3.8, 4) is 0 Å². The molecule has 0 saturated heterocycles. The van der Waals surface area contributed by atoms with Crippen LogP contribution in [0, 0.1) is 5.82 Å². The lowest BCUT2D eigenvalue weighted by molar-refractivity contribution is -0.140. The Kier molecular flexibility index (Phi) is 9.60. The molecule has 2 amide bonds.